The number of ether oxygens (including phenoxy) is 1. The molecule has 0 spiro atoms. The molecular formula is C12H17NOS. The van der Waals surface area contributed by atoms with Crippen molar-refractivity contribution < 1.29 is 4.74 Å². The molecule has 82 valence electrons. The van der Waals surface area contributed by atoms with Crippen LogP contribution in [0.1, 0.15) is 30.2 Å². The first-order valence-electron chi connectivity index (χ1n) is 5.05. The number of nitrogens with one attached hydrogen (secondary N) is 1. The van der Waals surface area contributed by atoms with Crippen molar-refractivity contribution in [2.45, 2.75) is 25.3 Å². The van der Waals surface area contributed by atoms with E-state index in [0.29, 0.717) is 6.04 Å². The predicted molar refractivity (Wildman–Crippen MR) is 65.4 cm³/mol. The Morgan fingerprint density at radius 1 is 1.67 bits per heavy atom. The molecule has 0 amide bonds. The minimum atomic E-state index is 0.355. The molecule has 1 aromatic rings. The molecule has 0 radical (unpaired) electrons. The van der Waals surface area contributed by atoms with Crippen LogP contribution in [0.25, 0.3) is 0 Å². The number of rotatable bonds is 6. The summed E-state index contributed by atoms with van der Waals surface area (Å²) in [6.45, 7) is 0. The van der Waals surface area contributed by atoms with Gasteiger partial charge in [0, 0.05) is 12.5 Å². The molecule has 1 N–H and O–H groups in total. The summed E-state index contributed by atoms with van der Waals surface area (Å²) in [5, 5.41) is 5.36. The summed E-state index contributed by atoms with van der Waals surface area (Å²) in [6.07, 6.45) is 8.18. The lowest BCUT2D eigenvalue weighted by Gasteiger charge is -2.15. The molecule has 1 aromatic heterocycles. The van der Waals surface area contributed by atoms with Crippen LogP contribution in [-0.2, 0) is 0 Å². The number of methoxy groups -OCH3 is 1. The van der Waals surface area contributed by atoms with Gasteiger partial charge >= 0.3 is 0 Å². The molecule has 1 atom stereocenters. The third-order valence-electron chi connectivity index (χ3n) is 2.36. The fourth-order valence-corrected chi connectivity index (χ4v) is 2.55. The third kappa shape index (κ3) is 3.26. The highest BCUT2D eigenvalue weighted by molar-refractivity contribution is 7.10. The smallest absolute Gasteiger partial charge is 0.134 e. The van der Waals surface area contributed by atoms with E-state index in [1.807, 2.05) is 13.1 Å². The molecule has 1 unspecified atom stereocenters. The SMILES string of the molecule is C#CCCCC(NC)c1sccc1OC. The topological polar surface area (TPSA) is 21.3 Å². The first-order valence-corrected chi connectivity index (χ1v) is 5.93. The number of hydrogen-bond donors (Lipinski definition) is 1. The molecule has 3 heteroatoms. The van der Waals surface area contributed by atoms with Gasteiger partial charge in [0.15, 0.2) is 0 Å². The van der Waals surface area contributed by atoms with Crippen molar-refractivity contribution in [3.63, 3.8) is 0 Å². The first-order chi connectivity index (χ1) is 7.33. The molecule has 1 heterocycles. The van der Waals surface area contributed by atoms with E-state index in [4.69, 9.17) is 11.2 Å². The van der Waals surface area contributed by atoms with Gasteiger partial charge in [-0.15, -0.1) is 23.7 Å². The zero-order valence-corrected chi connectivity index (χ0v) is 10.1. The number of terminal acetylenes is 1. The second-order valence-corrected chi connectivity index (χ2v) is 4.24. The molecule has 0 saturated carbocycles. The Hall–Kier alpha value is -0.980. The Morgan fingerprint density at radius 3 is 3.07 bits per heavy atom. The molecule has 0 aliphatic heterocycles. The van der Waals surface area contributed by atoms with E-state index < -0.39 is 0 Å². The van der Waals surface area contributed by atoms with E-state index in [1.165, 1.54) is 4.88 Å². The average Bonchev–Trinajstić information content (AvgIpc) is 2.72. The van der Waals surface area contributed by atoms with Gasteiger partial charge in [0.2, 0.25) is 0 Å². The predicted octanol–water partition coefficient (Wildman–Crippen LogP) is 2.82. The lowest BCUT2D eigenvalue weighted by molar-refractivity contribution is 0.402. The highest BCUT2D eigenvalue weighted by Gasteiger charge is 2.14. The van der Waals surface area contributed by atoms with E-state index in [9.17, 15) is 0 Å². The van der Waals surface area contributed by atoms with Crippen LogP contribution in [0.15, 0.2) is 11.4 Å². The molecule has 0 bridgehead atoms. The molecule has 2 nitrogen and oxygen atoms in total. The maximum absolute atomic E-state index is 5.30. The zero-order valence-electron chi connectivity index (χ0n) is 9.25. The molecule has 0 saturated heterocycles. The van der Waals surface area contributed by atoms with Gasteiger partial charge in [-0.25, -0.2) is 0 Å². The number of hydrogen-bond acceptors (Lipinski definition) is 3. The van der Waals surface area contributed by atoms with Crippen LogP contribution in [0.5, 0.6) is 5.75 Å². The van der Waals surface area contributed by atoms with Crippen molar-refractivity contribution in [3.8, 4) is 18.1 Å². The van der Waals surface area contributed by atoms with Gasteiger partial charge in [-0.2, -0.15) is 0 Å². The highest BCUT2D eigenvalue weighted by Crippen LogP contribution is 2.33. The van der Waals surface area contributed by atoms with Crippen molar-refractivity contribution in [2.24, 2.45) is 0 Å². The summed E-state index contributed by atoms with van der Waals surface area (Å²) < 4.78 is 5.30. The Morgan fingerprint density at radius 2 is 2.47 bits per heavy atom. The fourth-order valence-electron chi connectivity index (χ4n) is 1.55. The van der Waals surface area contributed by atoms with Crippen LogP contribution < -0.4 is 10.1 Å². The summed E-state index contributed by atoms with van der Waals surface area (Å²) in [6, 6.07) is 2.36. The molecular weight excluding hydrogens is 206 g/mol. The third-order valence-corrected chi connectivity index (χ3v) is 3.37. The van der Waals surface area contributed by atoms with Gasteiger partial charge in [-0.05, 0) is 31.3 Å². The summed E-state index contributed by atoms with van der Waals surface area (Å²) in [4.78, 5) is 1.26. The van der Waals surface area contributed by atoms with Crippen LogP contribution >= 0.6 is 11.3 Å². The van der Waals surface area contributed by atoms with E-state index in [-0.39, 0.29) is 0 Å². The quantitative estimate of drug-likeness (QED) is 0.591. The van der Waals surface area contributed by atoms with Gasteiger partial charge in [-0.3, -0.25) is 0 Å². The Bertz CT molecular complexity index is 327. The van der Waals surface area contributed by atoms with Gasteiger partial charge in [0.05, 0.1) is 12.0 Å². The summed E-state index contributed by atoms with van der Waals surface area (Å²) in [5.74, 6) is 3.64. The molecule has 1 rings (SSSR count). The molecule has 0 aromatic carbocycles. The number of thiophene rings is 1. The number of unbranched alkanes of at least 4 members (excludes halogenated alkanes) is 1. The fraction of sp³-hybridized carbons (Fsp3) is 0.500. The van der Waals surface area contributed by atoms with Crippen LogP contribution in [0.3, 0.4) is 0 Å². The largest absolute Gasteiger partial charge is 0.496 e. The van der Waals surface area contributed by atoms with Crippen molar-refractivity contribution in [2.75, 3.05) is 14.2 Å². The van der Waals surface area contributed by atoms with E-state index >= 15 is 0 Å². The Balaban J connectivity index is 2.62. The van der Waals surface area contributed by atoms with Gasteiger partial charge in [0.25, 0.3) is 0 Å². The second kappa shape index (κ2) is 6.49. The highest BCUT2D eigenvalue weighted by atomic mass is 32.1. The van der Waals surface area contributed by atoms with Crippen molar-refractivity contribution >= 4 is 11.3 Å². The summed E-state index contributed by atoms with van der Waals surface area (Å²) in [5.41, 5.74) is 0. The average molecular weight is 223 g/mol. The van der Waals surface area contributed by atoms with Crippen LogP contribution in [0, 0.1) is 12.3 Å². The second-order valence-electron chi connectivity index (χ2n) is 3.29. The van der Waals surface area contributed by atoms with Gasteiger partial charge in [-0.1, -0.05) is 0 Å². The van der Waals surface area contributed by atoms with Crippen molar-refractivity contribution in [1.29, 1.82) is 0 Å². The lowest BCUT2D eigenvalue weighted by atomic mass is 10.1. The monoisotopic (exact) mass is 223 g/mol. The Kier molecular flexibility index (Phi) is 5.23. The normalized spacial score (nSPS) is 12.1. The molecule has 15 heavy (non-hydrogen) atoms. The standard InChI is InChI=1S/C12H17NOS/c1-4-5-6-7-10(13-2)12-11(14-3)8-9-15-12/h1,8-10,13H,5-7H2,2-3H3. The first kappa shape index (κ1) is 12.1. The molecule has 0 aliphatic rings. The Labute approximate surface area is 95.7 Å². The van der Waals surface area contributed by atoms with E-state index in [0.717, 1.165) is 25.0 Å². The van der Waals surface area contributed by atoms with Gasteiger partial charge < -0.3 is 10.1 Å². The zero-order chi connectivity index (χ0) is 11.1. The van der Waals surface area contributed by atoms with Crippen molar-refractivity contribution in [3.05, 3.63) is 16.3 Å². The minimum Gasteiger partial charge on any atom is -0.496 e. The van der Waals surface area contributed by atoms with Gasteiger partial charge in [0.1, 0.15) is 5.75 Å². The van der Waals surface area contributed by atoms with E-state index in [1.54, 1.807) is 18.4 Å². The summed E-state index contributed by atoms with van der Waals surface area (Å²) in [7, 11) is 3.68. The molecule has 0 fully saturated rings. The minimum absolute atomic E-state index is 0.355. The summed E-state index contributed by atoms with van der Waals surface area (Å²) >= 11 is 1.73. The maximum Gasteiger partial charge on any atom is 0.134 e. The van der Waals surface area contributed by atoms with Crippen LogP contribution in [0.2, 0.25) is 0 Å². The lowest BCUT2D eigenvalue weighted by Crippen LogP contribution is -2.15. The maximum atomic E-state index is 5.30. The van der Waals surface area contributed by atoms with Crippen LogP contribution in [0.4, 0.5) is 0 Å². The van der Waals surface area contributed by atoms with E-state index in [2.05, 4.69) is 16.6 Å². The molecule has 0 aliphatic carbocycles. The van der Waals surface area contributed by atoms with Crippen LogP contribution in [-0.4, -0.2) is 14.2 Å². The van der Waals surface area contributed by atoms with Crippen molar-refractivity contribution in [1.82, 2.24) is 5.32 Å².